The summed E-state index contributed by atoms with van der Waals surface area (Å²) in [7, 11) is 0. The molecule has 0 saturated heterocycles. The van der Waals surface area contributed by atoms with Crippen molar-refractivity contribution in [2.75, 3.05) is 0 Å². The molecule has 1 aromatic rings. The Balaban J connectivity index is 1.93. The third-order valence-electron chi connectivity index (χ3n) is 3.72. The van der Waals surface area contributed by atoms with Crippen molar-refractivity contribution in [2.45, 2.75) is 19.3 Å². The summed E-state index contributed by atoms with van der Waals surface area (Å²) in [5.74, 6) is 1.19. The maximum absolute atomic E-state index is 3.64. The fourth-order valence-electron chi connectivity index (χ4n) is 2.80. The minimum atomic E-state index is 0.583. The van der Waals surface area contributed by atoms with Crippen LogP contribution in [0.25, 0.3) is 6.08 Å². The molecule has 1 heteroatoms. The second-order valence-electron chi connectivity index (χ2n) is 4.85. The quantitative estimate of drug-likeness (QED) is 0.711. The monoisotopic (exact) mass is 286 g/mol. The minimum absolute atomic E-state index is 0.583. The zero-order chi connectivity index (χ0) is 11.8. The van der Waals surface area contributed by atoms with Crippen LogP contribution in [-0.2, 0) is 0 Å². The molecule has 17 heavy (non-hydrogen) atoms. The second kappa shape index (κ2) is 4.30. The van der Waals surface area contributed by atoms with Gasteiger partial charge in [0, 0.05) is 10.4 Å². The number of allylic oxidation sites excluding steroid dienone is 5. The normalized spacial score (nSPS) is 22.0. The molecular formula is C16H15Br. The van der Waals surface area contributed by atoms with Crippen LogP contribution in [0.15, 0.2) is 52.5 Å². The Bertz CT molecular complexity index is 522. The van der Waals surface area contributed by atoms with Gasteiger partial charge in [-0.3, -0.25) is 0 Å². The largest absolute Gasteiger partial charge is 0.0776 e. The van der Waals surface area contributed by atoms with E-state index in [1.807, 2.05) is 0 Å². The van der Waals surface area contributed by atoms with Gasteiger partial charge in [-0.05, 0) is 36.5 Å². The van der Waals surface area contributed by atoms with Gasteiger partial charge in [0.1, 0.15) is 0 Å². The van der Waals surface area contributed by atoms with Gasteiger partial charge in [-0.15, -0.1) is 0 Å². The van der Waals surface area contributed by atoms with Gasteiger partial charge in [0.05, 0.1) is 0 Å². The van der Waals surface area contributed by atoms with Crippen LogP contribution in [-0.4, -0.2) is 0 Å². The number of hydrogen-bond donors (Lipinski definition) is 0. The standard InChI is InChI=1S/C16H15Br/c1-11-9-15-13(7-4-8-16(15)17)14(11)10-12-5-2-3-6-12/h2-9,12,14H,10H2,1H3. The molecular weight excluding hydrogens is 272 g/mol. The molecule has 1 aromatic carbocycles. The van der Waals surface area contributed by atoms with E-state index in [-0.39, 0.29) is 0 Å². The Hall–Kier alpha value is -1.08. The van der Waals surface area contributed by atoms with Gasteiger partial charge >= 0.3 is 0 Å². The molecule has 0 aromatic heterocycles. The highest BCUT2D eigenvalue weighted by Crippen LogP contribution is 2.43. The van der Waals surface area contributed by atoms with Crippen molar-refractivity contribution >= 4 is 22.0 Å². The number of halogens is 1. The Morgan fingerprint density at radius 1 is 1.18 bits per heavy atom. The summed E-state index contributed by atoms with van der Waals surface area (Å²) in [6, 6.07) is 6.53. The molecule has 0 bridgehead atoms. The first-order chi connectivity index (χ1) is 8.25. The summed E-state index contributed by atoms with van der Waals surface area (Å²) in [6.07, 6.45) is 12.4. The molecule has 0 aliphatic heterocycles. The molecule has 0 radical (unpaired) electrons. The Kier molecular flexibility index (Phi) is 2.79. The SMILES string of the molecule is CC1=Cc2c(Br)cccc2C1CC1C=CC=C1. The number of hydrogen-bond acceptors (Lipinski definition) is 0. The van der Waals surface area contributed by atoms with Crippen LogP contribution in [0.2, 0.25) is 0 Å². The lowest BCUT2D eigenvalue weighted by atomic mass is 9.87. The van der Waals surface area contributed by atoms with Crippen LogP contribution in [0.4, 0.5) is 0 Å². The first-order valence-electron chi connectivity index (χ1n) is 6.07. The summed E-state index contributed by atoms with van der Waals surface area (Å²) in [5, 5.41) is 0. The first kappa shape index (κ1) is 11.0. The highest BCUT2D eigenvalue weighted by atomic mass is 79.9. The third kappa shape index (κ3) is 1.93. The van der Waals surface area contributed by atoms with Crippen molar-refractivity contribution in [1.82, 2.24) is 0 Å². The molecule has 1 unspecified atom stereocenters. The summed E-state index contributed by atoms with van der Waals surface area (Å²) < 4.78 is 1.22. The maximum atomic E-state index is 3.64. The van der Waals surface area contributed by atoms with E-state index in [0.29, 0.717) is 11.8 Å². The van der Waals surface area contributed by atoms with Crippen molar-refractivity contribution in [3.05, 3.63) is 63.7 Å². The lowest BCUT2D eigenvalue weighted by Crippen LogP contribution is -2.02. The van der Waals surface area contributed by atoms with Crippen LogP contribution < -0.4 is 0 Å². The molecule has 0 saturated carbocycles. The van der Waals surface area contributed by atoms with E-state index in [1.165, 1.54) is 27.6 Å². The van der Waals surface area contributed by atoms with Gasteiger partial charge < -0.3 is 0 Å². The molecule has 1 atom stereocenters. The fourth-order valence-corrected chi connectivity index (χ4v) is 3.30. The van der Waals surface area contributed by atoms with Gasteiger partial charge in [-0.2, -0.15) is 0 Å². The predicted molar refractivity (Wildman–Crippen MR) is 76.9 cm³/mol. The molecule has 0 heterocycles. The van der Waals surface area contributed by atoms with Gasteiger partial charge in [0.25, 0.3) is 0 Å². The molecule has 0 N–H and O–H groups in total. The highest BCUT2D eigenvalue weighted by molar-refractivity contribution is 9.10. The van der Waals surface area contributed by atoms with Crippen LogP contribution in [0.3, 0.4) is 0 Å². The summed E-state index contributed by atoms with van der Waals surface area (Å²) in [4.78, 5) is 0. The van der Waals surface area contributed by atoms with Crippen molar-refractivity contribution in [1.29, 1.82) is 0 Å². The maximum Gasteiger partial charge on any atom is 0.0250 e. The van der Waals surface area contributed by atoms with E-state index in [9.17, 15) is 0 Å². The zero-order valence-corrected chi connectivity index (χ0v) is 11.4. The number of benzene rings is 1. The van der Waals surface area contributed by atoms with Crippen molar-refractivity contribution < 1.29 is 0 Å². The van der Waals surface area contributed by atoms with Crippen molar-refractivity contribution in [2.24, 2.45) is 5.92 Å². The molecule has 3 rings (SSSR count). The van der Waals surface area contributed by atoms with E-state index in [4.69, 9.17) is 0 Å². The zero-order valence-electron chi connectivity index (χ0n) is 9.86. The predicted octanol–water partition coefficient (Wildman–Crippen LogP) is 5.08. The van der Waals surface area contributed by atoms with E-state index >= 15 is 0 Å². The van der Waals surface area contributed by atoms with Crippen LogP contribution in [0, 0.1) is 5.92 Å². The van der Waals surface area contributed by atoms with Crippen molar-refractivity contribution in [3.63, 3.8) is 0 Å². The average molecular weight is 287 g/mol. The molecule has 2 aliphatic carbocycles. The third-order valence-corrected chi connectivity index (χ3v) is 4.41. The summed E-state index contributed by atoms with van der Waals surface area (Å²) >= 11 is 3.64. The second-order valence-corrected chi connectivity index (χ2v) is 5.71. The first-order valence-corrected chi connectivity index (χ1v) is 6.86. The molecule has 0 amide bonds. The summed E-state index contributed by atoms with van der Waals surface area (Å²) in [6.45, 7) is 2.25. The molecule has 86 valence electrons. The van der Waals surface area contributed by atoms with Gasteiger partial charge in [0.2, 0.25) is 0 Å². The van der Waals surface area contributed by atoms with E-state index in [1.54, 1.807) is 0 Å². The van der Waals surface area contributed by atoms with Crippen LogP contribution >= 0.6 is 15.9 Å². The van der Waals surface area contributed by atoms with E-state index in [2.05, 4.69) is 71.4 Å². The molecule has 0 nitrogen and oxygen atoms in total. The Labute approximate surface area is 111 Å². The van der Waals surface area contributed by atoms with Gasteiger partial charge in [0.15, 0.2) is 0 Å². The minimum Gasteiger partial charge on any atom is -0.0776 e. The fraction of sp³-hybridized carbons (Fsp3) is 0.250. The topological polar surface area (TPSA) is 0 Å². The van der Waals surface area contributed by atoms with E-state index in [0.717, 1.165) is 0 Å². The molecule has 2 aliphatic rings. The summed E-state index contributed by atoms with van der Waals surface area (Å²) in [5.41, 5.74) is 4.34. The lowest BCUT2D eigenvalue weighted by Gasteiger charge is -2.17. The van der Waals surface area contributed by atoms with Gasteiger partial charge in [-0.1, -0.05) is 64.0 Å². The van der Waals surface area contributed by atoms with Crippen molar-refractivity contribution in [3.8, 4) is 0 Å². The number of rotatable bonds is 2. The lowest BCUT2D eigenvalue weighted by molar-refractivity contribution is 0.639. The Morgan fingerprint density at radius 3 is 2.71 bits per heavy atom. The van der Waals surface area contributed by atoms with Crippen LogP contribution in [0.5, 0.6) is 0 Å². The Morgan fingerprint density at radius 2 is 1.94 bits per heavy atom. The van der Waals surface area contributed by atoms with E-state index < -0.39 is 0 Å². The average Bonchev–Trinajstić information content (AvgIpc) is 2.91. The molecule has 0 fully saturated rings. The number of fused-ring (bicyclic) bond motifs is 1. The smallest absolute Gasteiger partial charge is 0.0250 e. The molecule has 0 spiro atoms. The van der Waals surface area contributed by atoms with Crippen LogP contribution in [0.1, 0.15) is 30.4 Å². The van der Waals surface area contributed by atoms with Gasteiger partial charge in [-0.25, -0.2) is 0 Å². The highest BCUT2D eigenvalue weighted by Gasteiger charge is 2.25.